The lowest BCUT2D eigenvalue weighted by Gasteiger charge is -2.26. The smallest absolute Gasteiger partial charge is 0.0594 e. The molecule has 1 aromatic heterocycles. The molecule has 0 aliphatic carbocycles. The summed E-state index contributed by atoms with van der Waals surface area (Å²) in [6.07, 6.45) is 0. The van der Waals surface area contributed by atoms with Crippen LogP contribution < -0.4 is 5.73 Å². The number of thiophene rings is 1. The van der Waals surface area contributed by atoms with Gasteiger partial charge in [-0.05, 0) is 17.0 Å². The molecule has 0 saturated carbocycles. The van der Waals surface area contributed by atoms with Gasteiger partial charge in [-0.15, -0.1) is 11.3 Å². The summed E-state index contributed by atoms with van der Waals surface area (Å²) in [6, 6.07) is 8.60. The van der Waals surface area contributed by atoms with Crippen LogP contribution in [0.5, 0.6) is 0 Å². The van der Waals surface area contributed by atoms with E-state index in [9.17, 15) is 0 Å². The Bertz CT molecular complexity index is 532. The Morgan fingerprint density at radius 1 is 1.22 bits per heavy atom. The Morgan fingerprint density at radius 2 is 2.00 bits per heavy atom. The van der Waals surface area contributed by atoms with Crippen molar-refractivity contribution < 1.29 is 4.74 Å². The summed E-state index contributed by atoms with van der Waals surface area (Å²) in [5.74, 6) is 0. The molecule has 18 heavy (non-hydrogen) atoms. The van der Waals surface area contributed by atoms with Gasteiger partial charge in [-0.2, -0.15) is 0 Å². The molecule has 3 rings (SSSR count). The Morgan fingerprint density at radius 3 is 2.78 bits per heavy atom. The van der Waals surface area contributed by atoms with E-state index in [0.717, 1.165) is 32.8 Å². The van der Waals surface area contributed by atoms with Crippen LogP contribution in [0.1, 0.15) is 10.4 Å². The van der Waals surface area contributed by atoms with Gasteiger partial charge in [-0.3, -0.25) is 4.90 Å². The average Bonchev–Trinajstić information content (AvgIpc) is 2.78. The van der Waals surface area contributed by atoms with Crippen molar-refractivity contribution in [2.24, 2.45) is 5.73 Å². The minimum Gasteiger partial charge on any atom is -0.379 e. The Hall–Kier alpha value is -0.940. The topological polar surface area (TPSA) is 38.5 Å². The molecule has 96 valence electrons. The molecular weight excluding hydrogens is 244 g/mol. The predicted molar refractivity (Wildman–Crippen MR) is 75.8 cm³/mol. The molecule has 0 atom stereocenters. The highest BCUT2D eigenvalue weighted by atomic mass is 32.1. The number of hydrogen-bond donors (Lipinski definition) is 1. The van der Waals surface area contributed by atoms with Crippen LogP contribution in [0.2, 0.25) is 0 Å². The van der Waals surface area contributed by atoms with Gasteiger partial charge in [0.1, 0.15) is 0 Å². The number of morpholine rings is 1. The molecule has 1 fully saturated rings. The van der Waals surface area contributed by atoms with E-state index in [0.29, 0.717) is 6.54 Å². The average molecular weight is 262 g/mol. The van der Waals surface area contributed by atoms with Gasteiger partial charge in [0.25, 0.3) is 0 Å². The largest absolute Gasteiger partial charge is 0.379 e. The lowest BCUT2D eigenvalue weighted by molar-refractivity contribution is 0.0343. The van der Waals surface area contributed by atoms with Crippen LogP contribution in [0.4, 0.5) is 0 Å². The fraction of sp³-hybridized carbons (Fsp3) is 0.429. The maximum atomic E-state index is 5.89. The molecule has 2 heterocycles. The summed E-state index contributed by atoms with van der Waals surface area (Å²) in [4.78, 5) is 3.78. The molecule has 1 aliphatic rings. The van der Waals surface area contributed by atoms with E-state index in [1.165, 1.54) is 20.5 Å². The van der Waals surface area contributed by atoms with Crippen LogP contribution in [-0.4, -0.2) is 31.2 Å². The van der Waals surface area contributed by atoms with E-state index in [1.807, 2.05) is 11.3 Å². The molecule has 0 unspecified atom stereocenters. The highest BCUT2D eigenvalue weighted by Gasteiger charge is 2.16. The van der Waals surface area contributed by atoms with Gasteiger partial charge in [0.15, 0.2) is 0 Å². The molecule has 1 saturated heterocycles. The highest BCUT2D eigenvalue weighted by molar-refractivity contribution is 7.19. The summed E-state index contributed by atoms with van der Waals surface area (Å²) >= 11 is 1.83. The maximum absolute atomic E-state index is 5.89. The van der Waals surface area contributed by atoms with Crippen molar-refractivity contribution in [2.75, 3.05) is 26.3 Å². The minimum absolute atomic E-state index is 0.638. The van der Waals surface area contributed by atoms with Crippen LogP contribution in [-0.2, 0) is 17.8 Å². The number of hydrogen-bond acceptors (Lipinski definition) is 4. The van der Waals surface area contributed by atoms with Gasteiger partial charge in [0.05, 0.1) is 13.2 Å². The first-order chi connectivity index (χ1) is 8.88. The van der Waals surface area contributed by atoms with Crippen LogP contribution >= 0.6 is 11.3 Å². The van der Waals surface area contributed by atoms with Crippen LogP contribution in [0, 0.1) is 0 Å². The van der Waals surface area contributed by atoms with Gasteiger partial charge in [0, 0.05) is 35.8 Å². The van der Waals surface area contributed by atoms with E-state index in [2.05, 4.69) is 29.2 Å². The third-order valence-electron chi connectivity index (χ3n) is 3.45. The first kappa shape index (κ1) is 12.1. The second kappa shape index (κ2) is 5.36. The molecule has 0 amide bonds. The van der Waals surface area contributed by atoms with Crippen LogP contribution in [0.3, 0.4) is 0 Å². The number of benzene rings is 1. The summed E-state index contributed by atoms with van der Waals surface area (Å²) in [5, 5.41) is 1.37. The third-order valence-corrected chi connectivity index (χ3v) is 4.69. The number of rotatable bonds is 3. The molecule has 3 nitrogen and oxygen atoms in total. The van der Waals surface area contributed by atoms with Crippen molar-refractivity contribution in [1.82, 2.24) is 4.90 Å². The standard InChI is InChI=1S/C14H18N2OS/c15-9-14-12(10-16-5-7-17-8-6-16)11-3-1-2-4-13(11)18-14/h1-4H,5-10,15H2. The summed E-state index contributed by atoms with van der Waals surface area (Å²) in [6.45, 7) is 5.38. The molecule has 4 heteroatoms. The second-order valence-corrected chi connectivity index (χ2v) is 5.73. The number of nitrogens with two attached hydrogens (primary N) is 1. The molecular formula is C14H18N2OS. The third kappa shape index (κ3) is 2.29. The highest BCUT2D eigenvalue weighted by Crippen LogP contribution is 2.32. The summed E-state index contributed by atoms with van der Waals surface area (Å²) in [5.41, 5.74) is 7.30. The predicted octanol–water partition coefficient (Wildman–Crippen LogP) is 2.19. The van der Waals surface area contributed by atoms with Crippen molar-refractivity contribution in [3.63, 3.8) is 0 Å². The molecule has 2 aromatic rings. The fourth-order valence-electron chi connectivity index (χ4n) is 2.47. The summed E-state index contributed by atoms with van der Waals surface area (Å²) in [7, 11) is 0. The zero-order chi connectivity index (χ0) is 12.4. The molecule has 0 radical (unpaired) electrons. The van der Waals surface area contributed by atoms with Crippen molar-refractivity contribution >= 4 is 21.4 Å². The normalized spacial score (nSPS) is 17.4. The van der Waals surface area contributed by atoms with Gasteiger partial charge in [0.2, 0.25) is 0 Å². The number of nitrogens with zero attached hydrogens (tertiary/aromatic N) is 1. The number of fused-ring (bicyclic) bond motifs is 1. The van der Waals surface area contributed by atoms with Gasteiger partial charge in [-0.1, -0.05) is 18.2 Å². The van der Waals surface area contributed by atoms with E-state index in [4.69, 9.17) is 10.5 Å². The first-order valence-electron chi connectivity index (χ1n) is 6.38. The SMILES string of the molecule is NCc1sc2ccccc2c1CN1CCOCC1. The van der Waals surface area contributed by atoms with Crippen molar-refractivity contribution in [3.8, 4) is 0 Å². The fourth-order valence-corrected chi connectivity index (χ4v) is 3.56. The molecule has 1 aromatic carbocycles. The zero-order valence-electron chi connectivity index (χ0n) is 10.4. The second-order valence-electron chi connectivity index (χ2n) is 4.59. The monoisotopic (exact) mass is 262 g/mol. The Balaban J connectivity index is 1.93. The molecule has 0 spiro atoms. The van der Waals surface area contributed by atoms with E-state index < -0.39 is 0 Å². The first-order valence-corrected chi connectivity index (χ1v) is 7.19. The maximum Gasteiger partial charge on any atom is 0.0594 e. The van der Waals surface area contributed by atoms with Gasteiger partial charge < -0.3 is 10.5 Å². The quantitative estimate of drug-likeness (QED) is 0.921. The van der Waals surface area contributed by atoms with Gasteiger partial charge in [-0.25, -0.2) is 0 Å². The van der Waals surface area contributed by atoms with Crippen molar-refractivity contribution in [1.29, 1.82) is 0 Å². The van der Waals surface area contributed by atoms with E-state index in [-0.39, 0.29) is 0 Å². The van der Waals surface area contributed by atoms with Crippen LogP contribution in [0.15, 0.2) is 24.3 Å². The van der Waals surface area contributed by atoms with Gasteiger partial charge >= 0.3 is 0 Å². The Labute approximate surface area is 111 Å². The lowest BCUT2D eigenvalue weighted by atomic mass is 10.1. The molecule has 0 bridgehead atoms. The lowest BCUT2D eigenvalue weighted by Crippen LogP contribution is -2.35. The molecule has 2 N–H and O–H groups in total. The minimum atomic E-state index is 0.638. The Kier molecular flexibility index (Phi) is 3.61. The number of ether oxygens (including phenoxy) is 1. The molecule has 1 aliphatic heterocycles. The summed E-state index contributed by atoms with van der Waals surface area (Å²) < 4.78 is 6.75. The van der Waals surface area contributed by atoms with E-state index >= 15 is 0 Å². The zero-order valence-corrected chi connectivity index (χ0v) is 11.2. The van der Waals surface area contributed by atoms with Crippen molar-refractivity contribution in [2.45, 2.75) is 13.1 Å². The van der Waals surface area contributed by atoms with Crippen LogP contribution in [0.25, 0.3) is 10.1 Å². The van der Waals surface area contributed by atoms with Crippen molar-refractivity contribution in [3.05, 3.63) is 34.7 Å². The van der Waals surface area contributed by atoms with E-state index in [1.54, 1.807) is 0 Å².